The summed E-state index contributed by atoms with van der Waals surface area (Å²) in [5.74, 6) is -0.244. The van der Waals surface area contributed by atoms with Gasteiger partial charge >= 0.3 is 0 Å². The fraction of sp³-hybridized carbons (Fsp3) is 0.500. The summed E-state index contributed by atoms with van der Waals surface area (Å²) in [5.41, 5.74) is 0.723. The van der Waals surface area contributed by atoms with E-state index in [1.807, 2.05) is 20.8 Å². The first kappa shape index (κ1) is 16.1. The van der Waals surface area contributed by atoms with E-state index in [-0.39, 0.29) is 17.9 Å². The van der Waals surface area contributed by atoms with Crippen molar-refractivity contribution in [1.82, 2.24) is 14.9 Å². The molecule has 2 amide bonds. The van der Waals surface area contributed by atoms with Gasteiger partial charge in [-0.3, -0.25) is 24.3 Å². The molecule has 1 aliphatic heterocycles. The SMILES string of the molecule is C/C=c1/nc(C)n(C2CCC(=O)NC2=O)c(=O)/c1=C(\C)CC. The zero-order chi connectivity index (χ0) is 16.4. The standard InChI is InChI=1S/C16H21N3O3/c1-5-9(3)14-11(6-2)17-10(4)19(16(14)22)12-7-8-13(20)18-15(12)21/h6,12H,5,7-8H2,1-4H3,(H,18,20,21)/b11-6+,14-9+. The molecule has 1 atom stereocenters. The third-order valence-electron chi connectivity index (χ3n) is 4.07. The molecular weight excluding hydrogens is 282 g/mol. The number of nitrogens with zero attached hydrogens (tertiary/aromatic N) is 2. The molecule has 1 saturated heterocycles. The number of hydrogen-bond donors (Lipinski definition) is 1. The van der Waals surface area contributed by atoms with Crippen LogP contribution in [0, 0.1) is 6.92 Å². The van der Waals surface area contributed by atoms with Crippen molar-refractivity contribution in [2.45, 2.75) is 53.0 Å². The molecule has 118 valence electrons. The highest BCUT2D eigenvalue weighted by molar-refractivity contribution is 5.99. The van der Waals surface area contributed by atoms with Crippen LogP contribution in [0.2, 0.25) is 0 Å². The predicted octanol–water partition coefficient (Wildman–Crippen LogP) is -0.0896. The quantitative estimate of drug-likeness (QED) is 0.774. The van der Waals surface area contributed by atoms with Crippen LogP contribution in [0.3, 0.4) is 0 Å². The summed E-state index contributed by atoms with van der Waals surface area (Å²) >= 11 is 0. The van der Waals surface area contributed by atoms with Crippen LogP contribution in [0.15, 0.2) is 4.79 Å². The van der Waals surface area contributed by atoms with Crippen LogP contribution in [-0.2, 0) is 9.59 Å². The average Bonchev–Trinajstić information content (AvgIpc) is 2.47. The van der Waals surface area contributed by atoms with Gasteiger partial charge in [0.1, 0.15) is 11.9 Å². The Labute approximate surface area is 128 Å². The molecule has 1 unspecified atom stereocenters. The lowest BCUT2D eigenvalue weighted by Crippen LogP contribution is -2.53. The maximum atomic E-state index is 12.9. The third-order valence-corrected chi connectivity index (χ3v) is 4.07. The average molecular weight is 303 g/mol. The Balaban J connectivity index is 2.77. The van der Waals surface area contributed by atoms with Crippen LogP contribution >= 0.6 is 0 Å². The van der Waals surface area contributed by atoms with E-state index in [0.717, 1.165) is 12.0 Å². The monoisotopic (exact) mass is 303 g/mol. The molecule has 0 saturated carbocycles. The van der Waals surface area contributed by atoms with Crippen LogP contribution in [0.1, 0.15) is 51.9 Å². The van der Waals surface area contributed by atoms with E-state index in [2.05, 4.69) is 10.3 Å². The van der Waals surface area contributed by atoms with Gasteiger partial charge in [0, 0.05) is 6.42 Å². The van der Waals surface area contributed by atoms with Crippen molar-refractivity contribution in [3.63, 3.8) is 0 Å². The second-order valence-corrected chi connectivity index (χ2v) is 5.48. The lowest BCUT2D eigenvalue weighted by molar-refractivity contribution is -0.135. The van der Waals surface area contributed by atoms with E-state index < -0.39 is 11.9 Å². The minimum atomic E-state index is -0.674. The van der Waals surface area contributed by atoms with E-state index in [0.29, 0.717) is 22.8 Å². The van der Waals surface area contributed by atoms with E-state index in [9.17, 15) is 14.4 Å². The molecule has 22 heavy (non-hydrogen) atoms. The predicted molar refractivity (Wildman–Crippen MR) is 83.4 cm³/mol. The van der Waals surface area contributed by atoms with Crippen LogP contribution in [0.5, 0.6) is 0 Å². The summed E-state index contributed by atoms with van der Waals surface area (Å²) in [7, 11) is 0. The molecule has 1 aliphatic rings. The highest BCUT2D eigenvalue weighted by atomic mass is 16.2. The first-order valence-corrected chi connectivity index (χ1v) is 7.49. The van der Waals surface area contributed by atoms with Gasteiger partial charge in [0.15, 0.2) is 0 Å². The van der Waals surface area contributed by atoms with Gasteiger partial charge in [0.05, 0.1) is 10.6 Å². The summed E-state index contributed by atoms with van der Waals surface area (Å²) in [6.45, 7) is 7.42. The van der Waals surface area contributed by atoms with Gasteiger partial charge in [-0.2, -0.15) is 0 Å². The van der Waals surface area contributed by atoms with Gasteiger partial charge < -0.3 is 0 Å². The minimum absolute atomic E-state index is 0.213. The van der Waals surface area contributed by atoms with Gasteiger partial charge in [-0.05, 0) is 33.6 Å². The van der Waals surface area contributed by atoms with Crippen LogP contribution in [0.25, 0.3) is 11.6 Å². The largest absolute Gasteiger partial charge is 0.295 e. The van der Waals surface area contributed by atoms with Gasteiger partial charge in [-0.1, -0.05) is 18.6 Å². The van der Waals surface area contributed by atoms with Gasteiger partial charge in [-0.25, -0.2) is 4.98 Å². The fourth-order valence-electron chi connectivity index (χ4n) is 2.74. The molecule has 0 bridgehead atoms. The number of aromatic nitrogens is 2. The zero-order valence-corrected chi connectivity index (χ0v) is 13.4. The summed E-state index contributed by atoms with van der Waals surface area (Å²) in [4.78, 5) is 40.8. The number of piperidine rings is 1. The number of rotatable bonds is 2. The number of carbonyl (C=O) groups is 2. The molecule has 1 aromatic rings. The van der Waals surface area contributed by atoms with Gasteiger partial charge in [-0.15, -0.1) is 0 Å². The fourth-order valence-corrected chi connectivity index (χ4v) is 2.74. The Morgan fingerprint density at radius 2 is 2.09 bits per heavy atom. The Morgan fingerprint density at radius 3 is 2.64 bits per heavy atom. The zero-order valence-electron chi connectivity index (χ0n) is 13.4. The maximum absolute atomic E-state index is 12.9. The number of hydrogen-bond acceptors (Lipinski definition) is 4. The van der Waals surface area contributed by atoms with Crippen molar-refractivity contribution in [2.24, 2.45) is 0 Å². The van der Waals surface area contributed by atoms with E-state index in [4.69, 9.17) is 0 Å². The molecule has 1 N–H and O–H groups in total. The Kier molecular flexibility index (Phi) is 4.59. The number of carbonyl (C=O) groups excluding carboxylic acids is 2. The second kappa shape index (κ2) is 6.25. The molecule has 0 aliphatic carbocycles. The Hall–Kier alpha value is -2.24. The maximum Gasteiger partial charge on any atom is 0.262 e. The van der Waals surface area contributed by atoms with Crippen molar-refractivity contribution >= 4 is 23.5 Å². The highest BCUT2D eigenvalue weighted by Crippen LogP contribution is 2.16. The van der Waals surface area contributed by atoms with Crippen molar-refractivity contribution < 1.29 is 9.59 Å². The molecule has 2 heterocycles. The van der Waals surface area contributed by atoms with Crippen molar-refractivity contribution in [2.75, 3.05) is 0 Å². The number of nitrogens with one attached hydrogen (secondary N) is 1. The summed E-state index contributed by atoms with van der Waals surface area (Å²) in [6, 6.07) is -0.674. The lowest BCUT2D eigenvalue weighted by atomic mass is 10.1. The summed E-state index contributed by atoms with van der Waals surface area (Å²) in [6.07, 6.45) is 3.09. The third kappa shape index (κ3) is 2.73. The minimum Gasteiger partial charge on any atom is -0.295 e. The van der Waals surface area contributed by atoms with Crippen molar-refractivity contribution in [3.05, 3.63) is 26.7 Å². The number of amides is 2. The molecule has 6 heteroatoms. The van der Waals surface area contributed by atoms with Gasteiger partial charge in [0.25, 0.3) is 5.56 Å². The molecule has 1 aromatic heterocycles. The first-order valence-electron chi connectivity index (χ1n) is 7.49. The highest BCUT2D eigenvalue weighted by Gasteiger charge is 2.30. The van der Waals surface area contributed by atoms with E-state index in [1.165, 1.54) is 4.57 Å². The van der Waals surface area contributed by atoms with E-state index >= 15 is 0 Å². The number of imide groups is 1. The molecule has 2 rings (SSSR count). The van der Waals surface area contributed by atoms with Crippen LogP contribution in [-0.4, -0.2) is 21.4 Å². The van der Waals surface area contributed by atoms with Crippen LogP contribution < -0.4 is 21.4 Å². The van der Waals surface area contributed by atoms with Crippen molar-refractivity contribution in [3.8, 4) is 0 Å². The summed E-state index contributed by atoms with van der Waals surface area (Å²) in [5, 5.41) is 3.49. The summed E-state index contributed by atoms with van der Waals surface area (Å²) < 4.78 is 1.42. The molecule has 0 spiro atoms. The van der Waals surface area contributed by atoms with Crippen LogP contribution in [0.4, 0.5) is 0 Å². The second-order valence-electron chi connectivity index (χ2n) is 5.48. The first-order chi connectivity index (χ1) is 10.4. The Morgan fingerprint density at radius 1 is 1.41 bits per heavy atom. The normalized spacial score (nSPS) is 20.9. The molecule has 0 radical (unpaired) electrons. The molecule has 0 aromatic carbocycles. The van der Waals surface area contributed by atoms with Crippen molar-refractivity contribution in [1.29, 1.82) is 0 Å². The topological polar surface area (TPSA) is 81.1 Å². The molecule has 1 fully saturated rings. The lowest BCUT2D eigenvalue weighted by Gasteiger charge is -2.24. The van der Waals surface area contributed by atoms with Gasteiger partial charge in [0.2, 0.25) is 11.8 Å². The number of aryl methyl sites for hydroxylation is 1. The molecule has 6 nitrogen and oxygen atoms in total. The Bertz CT molecular complexity index is 805. The molecular formula is C16H21N3O3. The smallest absolute Gasteiger partial charge is 0.262 e. The van der Waals surface area contributed by atoms with E-state index in [1.54, 1.807) is 13.0 Å².